The van der Waals surface area contributed by atoms with Crippen molar-refractivity contribution >= 4 is 6.21 Å². The maximum Gasteiger partial charge on any atom is 0.179 e. The van der Waals surface area contributed by atoms with Gasteiger partial charge in [0.25, 0.3) is 0 Å². The predicted octanol–water partition coefficient (Wildman–Crippen LogP) is 1.90. The van der Waals surface area contributed by atoms with Gasteiger partial charge in [0.2, 0.25) is 0 Å². The van der Waals surface area contributed by atoms with E-state index in [4.69, 9.17) is 10.1 Å². The van der Waals surface area contributed by atoms with Crippen LogP contribution in [0.25, 0.3) is 0 Å². The summed E-state index contributed by atoms with van der Waals surface area (Å²) >= 11 is 0. The lowest BCUT2D eigenvalue weighted by Crippen LogP contribution is -2.25. The lowest BCUT2D eigenvalue weighted by molar-refractivity contribution is 0.0419. The number of rotatable bonds is 5. The lowest BCUT2D eigenvalue weighted by Gasteiger charge is -2.23. The maximum absolute atomic E-state index is 6.79. The molecule has 0 spiro atoms. The highest BCUT2D eigenvalue weighted by Crippen LogP contribution is 2.09. The summed E-state index contributed by atoms with van der Waals surface area (Å²) in [5, 5.41) is 9.76. The van der Waals surface area contributed by atoms with Gasteiger partial charge >= 0.3 is 0 Å². The topological polar surface area (TPSA) is 45.1 Å². The van der Waals surface area contributed by atoms with Gasteiger partial charge in [-0.3, -0.25) is 0 Å². The van der Waals surface area contributed by atoms with Gasteiger partial charge in [-0.05, 0) is 40.0 Å². The van der Waals surface area contributed by atoms with Gasteiger partial charge in [-0.2, -0.15) is 0 Å². The molecule has 3 nitrogen and oxygen atoms in total. The van der Waals surface area contributed by atoms with E-state index >= 15 is 0 Å². The SMILES string of the molecule is C=C(NCCC=N)OC(C)(C)C. The van der Waals surface area contributed by atoms with Gasteiger partial charge < -0.3 is 15.5 Å². The second-order valence-electron chi connectivity index (χ2n) is 3.56. The summed E-state index contributed by atoms with van der Waals surface area (Å²) in [6.45, 7) is 10.3. The smallest absolute Gasteiger partial charge is 0.179 e. The third-order valence-corrected chi connectivity index (χ3v) is 1.04. The summed E-state index contributed by atoms with van der Waals surface area (Å²) in [7, 11) is 0. The summed E-state index contributed by atoms with van der Waals surface area (Å²) in [5.41, 5.74) is -0.200. The fraction of sp³-hybridized carbons (Fsp3) is 0.667. The Morgan fingerprint density at radius 2 is 2.17 bits per heavy atom. The highest BCUT2D eigenvalue weighted by molar-refractivity contribution is 5.52. The zero-order chi connectivity index (χ0) is 9.61. The molecule has 3 heteroatoms. The highest BCUT2D eigenvalue weighted by Gasteiger charge is 2.11. The Kier molecular flexibility index (Phi) is 4.40. The van der Waals surface area contributed by atoms with Crippen molar-refractivity contribution in [1.29, 1.82) is 5.41 Å². The molecule has 0 radical (unpaired) electrons. The van der Waals surface area contributed by atoms with Gasteiger partial charge in [-0.1, -0.05) is 0 Å². The van der Waals surface area contributed by atoms with Crippen molar-refractivity contribution in [2.45, 2.75) is 32.8 Å². The van der Waals surface area contributed by atoms with Crippen LogP contribution < -0.4 is 5.32 Å². The first-order valence-corrected chi connectivity index (χ1v) is 4.06. The van der Waals surface area contributed by atoms with E-state index in [0.29, 0.717) is 18.8 Å². The van der Waals surface area contributed by atoms with E-state index < -0.39 is 0 Å². The minimum Gasteiger partial charge on any atom is -0.474 e. The molecule has 0 saturated carbocycles. The molecule has 0 saturated heterocycles. The fourth-order valence-corrected chi connectivity index (χ4v) is 0.689. The van der Waals surface area contributed by atoms with Crippen LogP contribution in [0.15, 0.2) is 12.5 Å². The van der Waals surface area contributed by atoms with Gasteiger partial charge in [0.1, 0.15) is 5.60 Å². The molecular formula is C9H18N2O. The molecule has 0 rings (SSSR count). The van der Waals surface area contributed by atoms with E-state index in [0.717, 1.165) is 0 Å². The first kappa shape index (κ1) is 11.0. The summed E-state index contributed by atoms with van der Waals surface area (Å²) in [4.78, 5) is 0. The van der Waals surface area contributed by atoms with Gasteiger partial charge in [0.05, 0.1) is 0 Å². The van der Waals surface area contributed by atoms with Crippen LogP contribution in [-0.4, -0.2) is 18.4 Å². The van der Waals surface area contributed by atoms with Crippen molar-refractivity contribution in [3.8, 4) is 0 Å². The van der Waals surface area contributed by atoms with Crippen LogP contribution in [0.4, 0.5) is 0 Å². The van der Waals surface area contributed by atoms with Crippen molar-refractivity contribution in [2.24, 2.45) is 0 Å². The Bertz CT molecular complexity index is 158. The lowest BCUT2D eigenvalue weighted by atomic mass is 10.2. The Morgan fingerprint density at radius 1 is 1.58 bits per heavy atom. The van der Waals surface area contributed by atoms with Gasteiger partial charge in [-0.25, -0.2) is 0 Å². The largest absolute Gasteiger partial charge is 0.474 e. The molecule has 0 fully saturated rings. The van der Waals surface area contributed by atoms with Crippen molar-refractivity contribution < 1.29 is 4.74 Å². The van der Waals surface area contributed by atoms with E-state index in [-0.39, 0.29) is 5.60 Å². The molecule has 0 bridgehead atoms. The summed E-state index contributed by atoms with van der Waals surface area (Å²) in [6.07, 6.45) is 2.06. The van der Waals surface area contributed by atoms with Crippen LogP contribution >= 0.6 is 0 Å². The van der Waals surface area contributed by atoms with Crippen LogP contribution in [0.5, 0.6) is 0 Å². The molecule has 70 valence electrons. The molecule has 0 aliphatic heterocycles. The number of hydrogen-bond donors (Lipinski definition) is 2. The summed E-state index contributed by atoms with van der Waals surface area (Å²) in [6, 6.07) is 0. The third kappa shape index (κ3) is 7.12. The van der Waals surface area contributed by atoms with E-state index in [2.05, 4.69) is 11.9 Å². The molecule has 0 aromatic rings. The molecule has 0 amide bonds. The van der Waals surface area contributed by atoms with Crippen molar-refractivity contribution in [3.63, 3.8) is 0 Å². The van der Waals surface area contributed by atoms with E-state index in [9.17, 15) is 0 Å². The number of ether oxygens (including phenoxy) is 1. The van der Waals surface area contributed by atoms with Crippen molar-refractivity contribution in [2.75, 3.05) is 6.54 Å². The van der Waals surface area contributed by atoms with Gasteiger partial charge in [-0.15, -0.1) is 0 Å². The van der Waals surface area contributed by atoms with Crippen LogP contribution in [0.1, 0.15) is 27.2 Å². The predicted molar refractivity (Wildman–Crippen MR) is 51.4 cm³/mol. The Morgan fingerprint density at radius 3 is 2.58 bits per heavy atom. The second kappa shape index (κ2) is 4.80. The van der Waals surface area contributed by atoms with Crippen LogP contribution in [0.2, 0.25) is 0 Å². The average Bonchev–Trinajstić information content (AvgIpc) is 1.84. The molecule has 0 aliphatic carbocycles. The van der Waals surface area contributed by atoms with E-state index in [1.54, 1.807) is 0 Å². The quantitative estimate of drug-likeness (QED) is 0.376. The molecule has 12 heavy (non-hydrogen) atoms. The second-order valence-corrected chi connectivity index (χ2v) is 3.56. The molecule has 0 heterocycles. The Balaban J connectivity index is 3.53. The summed E-state index contributed by atoms with van der Waals surface area (Å²) < 4.78 is 5.40. The van der Waals surface area contributed by atoms with E-state index in [1.807, 2.05) is 20.8 Å². The summed E-state index contributed by atoms with van der Waals surface area (Å²) in [5.74, 6) is 0.573. The standard InChI is InChI=1S/C9H18N2O/c1-8(11-7-5-6-10)12-9(2,3)4/h6,10-11H,1,5,7H2,2-4H3. The van der Waals surface area contributed by atoms with Crippen LogP contribution in [-0.2, 0) is 4.74 Å². The number of nitrogens with one attached hydrogen (secondary N) is 2. The monoisotopic (exact) mass is 170 g/mol. The number of hydrogen-bond acceptors (Lipinski definition) is 3. The molecule has 0 atom stereocenters. The Labute approximate surface area is 74.3 Å². The van der Waals surface area contributed by atoms with Crippen LogP contribution in [0, 0.1) is 5.41 Å². The van der Waals surface area contributed by atoms with Gasteiger partial charge in [0, 0.05) is 6.54 Å². The molecule has 0 unspecified atom stereocenters. The maximum atomic E-state index is 6.79. The normalized spacial score (nSPS) is 10.6. The van der Waals surface area contributed by atoms with E-state index in [1.165, 1.54) is 6.21 Å². The minimum atomic E-state index is -0.200. The van der Waals surface area contributed by atoms with Crippen molar-refractivity contribution in [1.82, 2.24) is 5.32 Å². The van der Waals surface area contributed by atoms with Crippen LogP contribution in [0.3, 0.4) is 0 Å². The molecule has 2 N–H and O–H groups in total. The zero-order valence-corrected chi connectivity index (χ0v) is 8.11. The highest BCUT2D eigenvalue weighted by atomic mass is 16.5. The first-order chi connectivity index (χ1) is 5.45. The molecule has 0 aromatic carbocycles. The van der Waals surface area contributed by atoms with Crippen molar-refractivity contribution in [3.05, 3.63) is 12.5 Å². The minimum absolute atomic E-state index is 0.200. The zero-order valence-electron chi connectivity index (χ0n) is 8.11. The third-order valence-electron chi connectivity index (χ3n) is 1.04. The Hall–Kier alpha value is -0.990. The first-order valence-electron chi connectivity index (χ1n) is 4.06. The average molecular weight is 170 g/mol. The van der Waals surface area contributed by atoms with Gasteiger partial charge in [0.15, 0.2) is 5.88 Å². The molecular weight excluding hydrogens is 152 g/mol. The molecule has 0 aromatic heterocycles. The fourth-order valence-electron chi connectivity index (χ4n) is 0.689. The molecule has 0 aliphatic rings.